The van der Waals surface area contributed by atoms with Crippen LogP contribution < -0.4 is 10.6 Å². The third-order valence-corrected chi connectivity index (χ3v) is 3.34. The second-order valence-electron chi connectivity index (χ2n) is 4.07. The fourth-order valence-electron chi connectivity index (χ4n) is 1.49. The molecule has 20 heavy (non-hydrogen) atoms. The first-order valence-corrected chi connectivity index (χ1v) is 7.25. The standard InChI is InChI=1S/C13H13BrClFN4/c1-2-5-17-13-18-7-10(15)12(20-13)19-8-3-4-11(16)9(14)6-8/h3-4,6-7H,2,5H2,1H3,(H2,17,18,19,20). The van der Waals surface area contributed by atoms with E-state index in [4.69, 9.17) is 11.6 Å². The van der Waals surface area contributed by atoms with Crippen molar-refractivity contribution in [2.45, 2.75) is 13.3 Å². The molecule has 0 aliphatic heterocycles. The smallest absolute Gasteiger partial charge is 0.224 e. The predicted octanol–water partition coefficient (Wildman–Crippen LogP) is 4.60. The number of nitrogens with zero attached hydrogens (tertiary/aromatic N) is 2. The van der Waals surface area contributed by atoms with Crippen LogP contribution in [0, 0.1) is 5.82 Å². The van der Waals surface area contributed by atoms with Gasteiger partial charge in [-0.05, 0) is 40.5 Å². The lowest BCUT2D eigenvalue weighted by Crippen LogP contribution is -2.06. The van der Waals surface area contributed by atoms with Crippen LogP contribution in [0.25, 0.3) is 0 Å². The maximum absolute atomic E-state index is 13.2. The van der Waals surface area contributed by atoms with Gasteiger partial charge in [0.25, 0.3) is 0 Å². The number of halogens is 3. The van der Waals surface area contributed by atoms with E-state index in [1.807, 2.05) is 0 Å². The second-order valence-corrected chi connectivity index (χ2v) is 5.33. The van der Waals surface area contributed by atoms with Gasteiger partial charge in [-0.2, -0.15) is 4.98 Å². The van der Waals surface area contributed by atoms with E-state index in [1.54, 1.807) is 12.1 Å². The zero-order chi connectivity index (χ0) is 14.5. The molecule has 2 rings (SSSR count). The largest absolute Gasteiger partial charge is 0.354 e. The van der Waals surface area contributed by atoms with Crippen LogP contribution >= 0.6 is 27.5 Å². The Kier molecular flexibility index (Phi) is 5.14. The highest BCUT2D eigenvalue weighted by Crippen LogP contribution is 2.26. The molecule has 0 fully saturated rings. The van der Waals surface area contributed by atoms with Gasteiger partial charge in [0.2, 0.25) is 5.95 Å². The number of aromatic nitrogens is 2. The molecule has 1 aromatic heterocycles. The van der Waals surface area contributed by atoms with Crippen molar-refractivity contribution in [2.75, 3.05) is 17.2 Å². The molecule has 0 radical (unpaired) electrons. The van der Waals surface area contributed by atoms with E-state index in [0.29, 0.717) is 26.9 Å². The highest BCUT2D eigenvalue weighted by Gasteiger charge is 2.07. The van der Waals surface area contributed by atoms with Crippen LogP contribution in [0.15, 0.2) is 28.9 Å². The number of nitrogens with one attached hydrogen (secondary N) is 2. The fourth-order valence-corrected chi connectivity index (χ4v) is 2.00. The van der Waals surface area contributed by atoms with Crippen LogP contribution in [0.3, 0.4) is 0 Å². The van der Waals surface area contributed by atoms with Crippen LogP contribution in [0.2, 0.25) is 5.02 Å². The summed E-state index contributed by atoms with van der Waals surface area (Å²) in [6.07, 6.45) is 2.49. The number of anilines is 3. The summed E-state index contributed by atoms with van der Waals surface area (Å²) < 4.78 is 13.6. The van der Waals surface area contributed by atoms with Crippen molar-refractivity contribution in [1.82, 2.24) is 9.97 Å². The monoisotopic (exact) mass is 358 g/mol. The minimum absolute atomic E-state index is 0.324. The zero-order valence-corrected chi connectivity index (χ0v) is 13.1. The van der Waals surface area contributed by atoms with Crippen LogP contribution in [-0.2, 0) is 0 Å². The van der Waals surface area contributed by atoms with Crippen molar-refractivity contribution in [3.63, 3.8) is 0 Å². The molecule has 2 N–H and O–H groups in total. The van der Waals surface area contributed by atoms with Crippen molar-refractivity contribution in [2.24, 2.45) is 0 Å². The SMILES string of the molecule is CCCNc1ncc(Cl)c(Nc2ccc(F)c(Br)c2)n1. The van der Waals surface area contributed by atoms with E-state index in [0.717, 1.165) is 13.0 Å². The Morgan fingerprint density at radius 2 is 2.20 bits per heavy atom. The summed E-state index contributed by atoms with van der Waals surface area (Å²) >= 11 is 9.18. The average molecular weight is 360 g/mol. The molecule has 0 saturated heterocycles. The summed E-state index contributed by atoms with van der Waals surface area (Å²) in [5, 5.41) is 6.51. The summed E-state index contributed by atoms with van der Waals surface area (Å²) in [7, 11) is 0. The van der Waals surface area contributed by atoms with E-state index in [2.05, 4.69) is 43.5 Å². The second kappa shape index (κ2) is 6.85. The van der Waals surface area contributed by atoms with E-state index in [1.165, 1.54) is 12.3 Å². The molecule has 0 saturated carbocycles. The quantitative estimate of drug-likeness (QED) is 0.819. The van der Waals surface area contributed by atoms with Crippen molar-refractivity contribution in [3.8, 4) is 0 Å². The molecule has 0 spiro atoms. The number of hydrogen-bond donors (Lipinski definition) is 2. The van der Waals surface area contributed by atoms with Crippen molar-refractivity contribution in [3.05, 3.63) is 39.7 Å². The Morgan fingerprint density at radius 3 is 2.90 bits per heavy atom. The van der Waals surface area contributed by atoms with Gasteiger partial charge >= 0.3 is 0 Å². The molecule has 0 aliphatic carbocycles. The summed E-state index contributed by atoms with van der Waals surface area (Å²) in [6.45, 7) is 2.83. The first-order valence-electron chi connectivity index (χ1n) is 6.08. The molecular formula is C13H13BrClFN4. The molecule has 4 nitrogen and oxygen atoms in total. The van der Waals surface area contributed by atoms with E-state index < -0.39 is 0 Å². The van der Waals surface area contributed by atoms with Gasteiger partial charge in [-0.3, -0.25) is 0 Å². The molecule has 1 aromatic carbocycles. The molecule has 0 unspecified atom stereocenters. The summed E-state index contributed by atoms with van der Waals surface area (Å²) in [6, 6.07) is 4.59. The Hall–Kier alpha value is -1.40. The van der Waals surface area contributed by atoms with E-state index in [-0.39, 0.29) is 5.82 Å². The summed E-state index contributed by atoms with van der Waals surface area (Å²) in [5.74, 6) is 0.647. The van der Waals surface area contributed by atoms with Gasteiger partial charge in [0.15, 0.2) is 5.82 Å². The first-order chi connectivity index (χ1) is 9.60. The van der Waals surface area contributed by atoms with Crippen LogP contribution in [0.4, 0.5) is 21.8 Å². The molecule has 2 aromatic rings. The van der Waals surface area contributed by atoms with Gasteiger partial charge in [-0.1, -0.05) is 18.5 Å². The Bertz CT molecular complexity index is 609. The van der Waals surface area contributed by atoms with Gasteiger partial charge in [-0.15, -0.1) is 0 Å². The van der Waals surface area contributed by atoms with E-state index >= 15 is 0 Å². The summed E-state index contributed by atoms with van der Waals surface area (Å²) in [5.41, 5.74) is 0.681. The first kappa shape index (κ1) is 15.0. The van der Waals surface area contributed by atoms with Gasteiger partial charge in [0, 0.05) is 12.2 Å². The Labute approximate surface area is 129 Å². The fraction of sp³-hybridized carbons (Fsp3) is 0.231. The molecule has 0 aliphatic rings. The van der Waals surface area contributed by atoms with Crippen LogP contribution in [0.1, 0.15) is 13.3 Å². The predicted molar refractivity (Wildman–Crippen MR) is 83.2 cm³/mol. The highest BCUT2D eigenvalue weighted by atomic mass is 79.9. The van der Waals surface area contributed by atoms with Crippen LogP contribution in [-0.4, -0.2) is 16.5 Å². The number of benzene rings is 1. The van der Waals surface area contributed by atoms with E-state index in [9.17, 15) is 4.39 Å². The number of hydrogen-bond acceptors (Lipinski definition) is 4. The minimum atomic E-state index is -0.324. The zero-order valence-electron chi connectivity index (χ0n) is 10.8. The number of rotatable bonds is 5. The Morgan fingerprint density at radius 1 is 1.40 bits per heavy atom. The Balaban J connectivity index is 2.20. The maximum Gasteiger partial charge on any atom is 0.224 e. The third-order valence-electron chi connectivity index (χ3n) is 2.46. The molecule has 0 amide bonds. The normalized spacial score (nSPS) is 10.4. The molecule has 7 heteroatoms. The van der Waals surface area contributed by atoms with Crippen molar-refractivity contribution >= 4 is 45.0 Å². The third kappa shape index (κ3) is 3.80. The lowest BCUT2D eigenvalue weighted by molar-refractivity contribution is 0.621. The van der Waals surface area contributed by atoms with Gasteiger partial charge < -0.3 is 10.6 Å². The molecule has 106 valence electrons. The molecular weight excluding hydrogens is 347 g/mol. The van der Waals surface area contributed by atoms with Crippen molar-refractivity contribution in [1.29, 1.82) is 0 Å². The van der Waals surface area contributed by atoms with Gasteiger partial charge in [0.05, 0.1) is 10.7 Å². The van der Waals surface area contributed by atoms with Gasteiger partial charge in [0.1, 0.15) is 10.8 Å². The molecule has 0 bridgehead atoms. The van der Waals surface area contributed by atoms with Gasteiger partial charge in [-0.25, -0.2) is 9.37 Å². The molecule has 0 atom stereocenters. The lowest BCUT2D eigenvalue weighted by Gasteiger charge is -2.10. The van der Waals surface area contributed by atoms with Crippen LogP contribution in [0.5, 0.6) is 0 Å². The van der Waals surface area contributed by atoms with Crippen molar-refractivity contribution < 1.29 is 4.39 Å². The minimum Gasteiger partial charge on any atom is -0.354 e. The maximum atomic E-state index is 13.2. The molecule has 1 heterocycles. The topological polar surface area (TPSA) is 49.8 Å². The highest BCUT2D eigenvalue weighted by molar-refractivity contribution is 9.10. The lowest BCUT2D eigenvalue weighted by atomic mass is 10.3. The summed E-state index contributed by atoms with van der Waals surface area (Å²) in [4.78, 5) is 8.37. The average Bonchev–Trinajstić information content (AvgIpc) is 2.44.